The van der Waals surface area contributed by atoms with Crippen molar-refractivity contribution in [2.24, 2.45) is 0 Å². The molecule has 0 unspecified atom stereocenters. The summed E-state index contributed by atoms with van der Waals surface area (Å²) in [6.07, 6.45) is 0.588. The molecule has 0 amide bonds. The second-order valence-corrected chi connectivity index (χ2v) is 5.27. The predicted octanol–water partition coefficient (Wildman–Crippen LogP) is 1.37. The van der Waals surface area contributed by atoms with Crippen molar-refractivity contribution in [2.75, 3.05) is 13.2 Å². The van der Waals surface area contributed by atoms with E-state index in [0.29, 0.717) is 17.4 Å². The number of aromatic carboxylic acids is 1. The quantitative estimate of drug-likeness (QED) is 0.606. The maximum absolute atomic E-state index is 10.8. The highest BCUT2D eigenvalue weighted by Crippen LogP contribution is 2.20. The topological polar surface area (TPSA) is 89.8 Å². The fourth-order valence-corrected chi connectivity index (χ4v) is 2.14. The number of nitrogens with one attached hydrogen (secondary N) is 1. The lowest BCUT2D eigenvalue weighted by Gasteiger charge is -2.30. The van der Waals surface area contributed by atoms with Gasteiger partial charge in [0.2, 0.25) is 0 Å². The van der Waals surface area contributed by atoms with E-state index in [0.717, 1.165) is 5.56 Å². The summed E-state index contributed by atoms with van der Waals surface area (Å²) in [5.41, 5.74) is 0.358. The molecule has 0 heterocycles. The molecule has 5 nitrogen and oxygen atoms in total. The monoisotopic (exact) mass is 331 g/mol. The number of aliphatic hydroxyl groups is 2. The Balaban J connectivity index is 2.80. The summed E-state index contributed by atoms with van der Waals surface area (Å²) in [6.45, 7) is 1.98. The number of benzene rings is 1. The molecule has 0 bridgehead atoms. The minimum atomic E-state index is -0.978. The largest absolute Gasteiger partial charge is 0.478 e. The highest BCUT2D eigenvalue weighted by molar-refractivity contribution is 9.10. The fourth-order valence-electron chi connectivity index (χ4n) is 1.62. The first-order valence-electron chi connectivity index (χ1n) is 5.96. The van der Waals surface area contributed by atoms with Gasteiger partial charge in [-0.15, -0.1) is 0 Å². The van der Waals surface area contributed by atoms with E-state index in [-0.39, 0.29) is 18.8 Å². The molecule has 0 fully saturated rings. The van der Waals surface area contributed by atoms with E-state index in [1.807, 2.05) is 6.92 Å². The molecule has 1 rings (SSSR count). The third kappa shape index (κ3) is 4.01. The molecule has 6 heteroatoms. The van der Waals surface area contributed by atoms with Crippen LogP contribution in [0.5, 0.6) is 0 Å². The van der Waals surface area contributed by atoms with Gasteiger partial charge < -0.3 is 20.6 Å². The second-order valence-electron chi connectivity index (χ2n) is 4.42. The van der Waals surface area contributed by atoms with Gasteiger partial charge in [-0.3, -0.25) is 0 Å². The maximum atomic E-state index is 10.8. The Morgan fingerprint density at radius 3 is 2.42 bits per heavy atom. The average molecular weight is 332 g/mol. The van der Waals surface area contributed by atoms with Crippen molar-refractivity contribution in [1.82, 2.24) is 5.32 Å². The van der Waals surface area contributed by atoms with Crippen molar-refractivity contribution in [3.05, 3.63) is 33.8 Å². The van der Waals surface area contributed by atoms with Crippen molar-refractivity contribution in [3.63, 3.8) is 0 Å². The van der Waals surface area contributed by atoms with Crippen LogP contribution in [0, 0.1) is 0 Å². The molecule has 0 aromatic heterocycles. The second kappa shape index (κ2) is 7.00. The number of aliphatic hydroxyl groups excluding tert-OH is 2. The smallest absolute Gasteiger partial charge is 0.335 e. The van der Waals surface area contributed by atoms with E-state index < -0.39 is 11.5 Å². The average Bonchev–Trinajstić information content (AvgIpc) is 2.42. The Morgan fingerprint density at radius 1 is 1.37 bits per heavy atom. The van der Waals surface area contributed by atoms with Gasteiger partial charge in [0, 0.05) is 11.0 Å². The number of halogens is 1. The predicted molar refractivity (Wildman–Crippen MR) is 75.1 cm³/mol. The lowest BCUT2D eigenvalue weighted by Crippen LogP contribution is -2.50. The Kier molecular flexibility index (Phi) is 5.93. The number of rotatable bonds is 7. The van der Waals surface area contributed by atoms with Crippen LogP contribution in [0.1, 0.15) is 29.3 Å². The van der Waals surface area contributed by atoms with Crippen LogP contribution in [0.4, 0.5) is 0 Å². The fraction of sp³-hybridized carbons (Fsp3) is 0.462. The zero-order valence-electron chi connectivity index (χ0n) is 10.7. The summed E-state index contributed by atoms with van der Waals surface area (Å²) in [5.74, 6) is -0.978. The van der Waals surface area contributed by atoms with Crippen LogP contribution in [0.3, 0.4) is 0 Å². The van der Waals surface area contributed by atoms with Gasteiger partial charge in [-0.05, 0) is 24.1 Å². The Labute approximate surface area is 120 Å². The molecular weight excluding hydrogens is 314 g/mol. The van der Waals surface area contributed by atoms with E-state index in [2.05, 4.69) is 21.2 Å². The van der Waals surface area contributed by atoms with Crippen molar-refractivity contribution >= 4 is 21.9 Å². The number of carbonyl (C=O) groups is 1. The number of carboxylic acid groups (broad SMARTS) is 1. The van der Waals surface area contributed by atoms with Gasteiger partial charge in [0.05, 0.1) is 24.3 Å². The number of hydrogen-bond acceptors (Lipinski definition) is 4. The van der Waals surface area contributed by atoms with Gasteiger partial charge in [-0.1, -0.05) is 28.9 Å². The molecule has 4 N–H and O–H groups in total. The lowest BCUT2D eigenvalue weighted by atomic mass is 9.98. The standard InChI is InChI=1S/C13H18BrNO4/c1-2-13(7-16,8-17)15-6-10-4-3-9(12(18)19)5-11(10)14/h3-5,15-17H,2,6-8H2,1H3,(H,18,19). The summed E-state index contributed by atoms with van der Waals surface area (Å²) < 4.78 is 0.681. The summed E-state index contributed by atoms with van der Waals surface area (Å²) in [7, 11) is 0. The van der Waals surface area contributed by atoms with Crippen LogP contribution >= 0.6 is 15.9 Å². The molecule has 0 aliphatic heterocycles. The highest BCUT2D eigenvalue weighted by atomic mass is 79.9. The van der Waals surface area contributed by atoms with Gasteiger partial charge in [0.1, 0.15) is 0 Å². The Bertz CT molecular complexity index is 438. The molecule has 0 radical (unpaired) electrons. The van der Waals surface area contributed by atoms with Crippen molar-refractivity contribution < 1.29 is 20.1 Å². The summed E-state index contributed by atoms with van der Waals surface area (Å²) >= 11 is 3.32. The van der Waals surface area contributed by atoms with Gasteiger partial charge in [0.25, 0.3) is 0 Å². The van der Waals surface area contributed by atoms with E-state index in [4.69, 9.17) is 5.11 Å². The molecular formula is C13H18BrNO4. The number of carboxylic acids is 1. The van der Waals surface area contributed by atoms with Crippen LogP contribution in [-0.4, -0.2) is 40.0 Å². The van der Waals surface area contributed by atoms with Gasteiger partial charge in [0.15, 0.2) is 0 Å². The van der Waals surface area contributed by atoms with E-state index in [1.165, 1.54) is 12.1 Å². The molecule has 0 aliphatic carbocycles. The van der Waals surface area contributed by atoms with Crippen LogP contribution in [0.25, 0.3) is 0 Å². The summed E-state index contributed by atoms with van der Waals surface area (Å²) in [5, 5.41) is 30.6. The van der Waals surface area contributed by atoms with Crippen LogP contribution in [0.15, 0.2) is 22.7 Å². The third-order valence-electron chi connectivity index (χ3n) is 3.24. The molecule has 106 valence electrons. The van der Waals surface area contributed by atoms with E-state index in [1.54, 1.807) is 6.07 Å². The first kappa shape index (κ1) is 16.1. The lowest BCUT2D eigenvalue weighted by molar-refractivity contribution is 0.0697. The van der Waals surface area contributed by atoms with Crippen molar-refractivity contribution in [2.45, 2.75) is 25.4 Å². The van der Waals surface area contributed by atoms with E-state index >= 15 is 0 Å². The van der Waals surface area contributed by atoms with Crippen LogP contribution in [0.2, 0.25) is 0 Å². The highest BCUT2D eigenvalue weighted by Gasteiger charge is 2.25. The van der Waals surface area contributed by atoms with Gasteiger partial charge >= 0.3 is 5.97 Å². The molecule has 0 saturated heterocycles. The summed E-state index contributed by atoms with van der Waals surface area (Å²) in [6, 6.07) is 4.76. The van der Waals surface area contributed by atoms with Crippen molar-refractivity contribution in [1.29, 1.82) is 0 Å². The third-order valence-corrected chi connectivity index (χ3v) is 3.97. The van der Waals surface area contributed by atoms with E-state index in [9.17, 15) is 15.0 Å². The zero-order valence-corrected chi connectivity index (χ0v) is 12.3. The van der Waals surface area contributed by atoms with Gasteiger partial charge in [-0.25, -0.2) is 4.79 Å². The normalized spacial score (nSPS) is 11.6. The Morgan fingerprint density at radius 2 is 2.00 bits per heavy atom. The zero-order chi connectivity index (χ0) is 14.5. The minimum absolute atomic E-state index is 0.162. The Hall–Kier alpha value is -0.950. The SMILES string of the molecule is CCC(CO)(CO)NCc1ccc(C(=O)O)cc1Br. The molecule has 19 heavy (non-hydrogen) atoms. The minimum Gasteiger partial charge on any atom is -0.478 e. The van der Waals surface area contributed by atoms with Gasteiger partial charge in [-0.2, -0.15) is 0 Å². The molecule has 0 aliphatic rings. The first-order chi connectivity index (χ1) is 8.98. The van der Waals surface area contributed by atoms with Crippen LogP contribution in [-0.2, 0) is 6.54 Å². The number of hydrogen-bond donors (Lipinski definition) is 4. The first-order valence-corrected chi connectivity index (χ1v) is 6.76. The van der Waals surface area contributed by atoms with Crippen LogP contribution < -0.4 is 5.32 Å². The maximum Gasteiger partial charge on any atom is 0.335 e. The molecule has 0 atom stereocenters. The molecule has 1 aromatic rings. The molecule has 0 spiro atoms. The van der Waals surface area contributed by atoms with Crippen molar-refractivity contribution in [3.8, 4) is 0 Å². The molecule has 1 aromatic carbocycles. The molecule has 0 saturated carbocycles. The summed E-state index contributed by atoms with van der Waals surface area (Å²) in [4.78, 5) is 10.8.